The van der Waals surface area contributed by atoms with Crippen molar-refractivity contribution in [2.45, 2.75) is 32.0 Å². The van der Waals surface area contributed by atoms with Crippen LogP contribution in [0.2, 0.25) is 5.02 Å². The summed E-state index contributed by atoms with van der Waals surface area (Å²) in [5.41, 5.74) is 8.72. The average Bonchev–Trinajstić information content (AvgIpc) is 3.62. The van der Waals surface area contributed by atoms with E-state index in [1.165, 1.54) is 11.0 Å². The maximum atomic E-state index is 14.2. The van der Waals surface area contributed by atoms with Gasteiger partial charge in [-0.2, -0.15) is 0 Å². The van der Waals surface area contributed by atoms with Crippen molar-refractivity contribution in [1.29, 1.82) is 0 Å². The van der Waals surface area contributed by atoms with E-state index in [-0.39, 0.29) is 29.6 Å². The highest BCUT2D eigenvalue weighted by Gasteiger charge is 2.34. The van der Waals surface area contributed by atoms with Gasteiger partial charge in [-0.25, -0.2) is 14.0 Å². The normalized spacial score (nSPS) is 14.8. The van der Waals surface area contributed by atoms with E-state index in [2.05, 4.69) is 10.6 Å². The number of carbonyl (C=O) groups excluding carboxylic acids is 3. The summed E-state index contributed by atoms with van der Waals surface area (Å²) in [5.74, 6) is -0.949. The number of likely N-dealkylation sites (tertiary alicyclic amines) is 1. The fourth-order valence-electron chi connectivity index (χ4n) is 4.81. The predicted octanol–water partition coefficient (Wildman–Crippen LogP) is 5.80. The van der Waals surface area contributed by atoms with Gasteiger partial charge < -0.3 is 30.4 Å². The molecule has 0 spiro atoms. The van der Waals surface area contributed by atoms with Crippen molar-refractivity contribution in [3.63, 3.8) is 0 Å². The fraction of sp³-hybridized carbons (Fsp3) is 0.207. The van der Waals surface area contributed by atoms with Gasteiger partial charge in [0.2, 0.25) is 5.91 Å². The van der Waals surface area contributed by atoms with Crippen molar-refractivity contribution in [3.05, 3.63) is 88.9 Å². The number of fused-ring (bicyclic) bond motifs is 1. The van der Waals surface area contributed by atoms with Crippen LogP contribution in [0.4, 0.5) is 19.7 Å². The monoisotopic (exact) mass is 564 g/mol. The van der Waals surface area contributed by atoms with E-state index in [4.69, 9.17) is 26.5 Å². The first-order chi connectivity index (χ1) is 19.3. The van der Waals surface area contributed by atoms with E-state index < -0.39 is 24.0 Å². The Hall–Kier alpha value is -4.57. The molecular weight excluding hydrogens is 539 g/mol. The number of amides is 4. The number of urea groups is 1. The summed E-state index contributed by atoms with van der Waals surface area (Å²) in [7, 11) is 0. The highest BCUT2D eigenvalue weighted by atomic mass is 35.5. The zero-order valence-electron chi connectivity index (χ0n) is 21.3. The van der Waals surface area contributed by atoms with Crippen LogP contribution < -0.4 is 16.4 Å². The molecule has 1 aliphatic rings. The van der Waals surface area contributed by atoms with Crippen molar-refractivity contribution in [2.24, 2.45) is 5.73 Å². The average molecular weight is 565 g/mol. The molecule has 0 radical (unpaired) electrons. The molecule has 4 N–H and O–H groups in total. The first-order valence-electron chi connectivity index (χ1n) is 12.6. The molecule has 4 amide bonds. The van der Waals surface area contributed by atoms with Crippen molar-refractivity contribution in [1.82, 2.24) is 10.2 Å². The van der Waals surface area contributed by atoms with E-state index in [1.54, 1.807) is 42.7 Å². The lowest BCUT2D eigenvalue weighted by Gasteiger charge is -2.24. The molecule has 1 aromatic heterocycles. The Balaban J connectivity index is 1.32. The lowest BCUT2D eigenvalue weighted by Crippen LogP contribution is -2.47. The highest BCUT2D eigenvalue weighted by Crippen LogP contribution is 2.34. The Morgan fingerprint density at radius 2 is 1.95 bits per heavy atom. The van der Waals surface area contributed by atoms with Gasteiger partial charge in [-0.1, -0.05) is 41.9 Å². The maximum absolute atomic E-state index is 14.2. The van der Waals surface area contributed by atoms with E-state index in [1.807, 2.05) is 18.2 Å². The number of hydrogen-bond donors (Lipinski definition) is 3. The molecule has 0 saturated carbocycles. The van der Waals surface area contributed by atoms with Gasteiger partial charge in [-0.05, 0) is 54.3 Å². The van der Waals surface area contributed by atoms with Crippen LogP contribution in [0.15, 0.2) is 71.3 Å². The first kappa shape index (κ1) is 27.0. The van der Waals surface area contributed by atoms with Gasteiger partial charge in [0.1, 0.15) is 24.0 Å². The Labute approximate surface area is 234 Å². The van der Waals surface area contributed by atoms with Crippen LogP contribution in [0, 0.1) is 5.82 Å². The smallest absolute Gasteiger partial charge is 0.404 e. The van der Waals surface area contributed by atoms with E-state index in [9.17, 15) is 18.8 Å². The molecule has 0 unspecified atom stereocenters. The van der Waals surface area contributed by atoms with Crippen LogP contribution in [0.1, 0.15) is 24.0 Å². The van der Waals surface area contributed by atoms with Crippen LogP contribution >= 0.6 is 11.6 Å². The number of furan rings is 1. The molecule has 2 heterocycles. The molecule has 3 aromatic carbocycles. The van der Waals surface area contributed by atoms with Crippen LogP contribution in [-0.2, 0) is 22.7 Å². The number of rotatable bonds is 7. The highest BCUT2D eigenvalue weighted by molar-refractivity contribution is 6.30. The predicted molar refractivity (Wildman–Crippen MR) is 148 cm³/mol. The SMILES string of the molecule is NC(=O)OCc1cccc(-c2cc(NC(=O)N3CCC[C@H]3C(=O)NCc3cccc(Cl)c3F)cc3ccoc23)c1. The lowest BCUT2D eigenvalue weighted by atomic mass is 10.0. The van der Waals surface area contributed by atoms with Crippen LogP contribution in [0.5, 0.6) is 0 Å². The van der Waals surface area contributed by atoms with E-state index in [0.717, 1.165) is 22.1 Å². The molecule has 5 rings (SSSR count). The third-order valence-corrected chi connectivity index (χ3v) is 7.01. The van der Waals surface area contributed by atoms with Crippen LogP contribution in [-0.4, -0.2) is 35.5 Å². The van der Waals surface area contributed by atoms with Crippen molar-refractivity contribution in [2.75, 3.05) is 11.9 Å². The number of nitrogens with one attached hydrogen (secondary N) is 2. The van der Waals surface area contributed by atoms with Gasteiger partial charge >= 0.3 is 12.1 Å². The molecule has 9 nitrogen and oxygen atoms in total. The van der Waals surface area contributed by atoms with Crippen molar-refractivity contribution >= 4 is 46.3 Å². The number of carbonyl (C=O) groups is 3. The van der Waals surface area contributed by atoms with Gasteiger partial charge in [0.15, 0.2) is 0 Å². The zero-order chi connectivity index (χ0) is 28.2. The minimum atomic E-state index is -0.867. The number of benzene rings is 3. The van der Waals surface area contributed by atoms with Crippen molar-refractivity contribution in [3.8, 4) is 11.1 Å². The molecule has 4 aromatic rings. The standard InChI is InChI=1S/C29H26ClFN4O5/c30-23-7-2-6-20(25(23)31)15-33-27(36)24-8-3-10-35(24)29(38)34-21-13-19-9-11-39-26(19)22(14-21)18-5-1-4-17(12-18)16-40-28(32)37/h1-2,4-7,9,11-14,24H,3,8,10,15-16H2,(H2,32,37)(H,33,36)(H,34,38)/t24-/m0/s1. The minimum absolute atomic E-state index is 0.0171. The van der Waals surface area contributed by atoms with Crippen LogP contribution in [0.3, 0.4) is 0 Å². The maximum Gasteiger partial charge on any atom is 0.404 e. The molecule has 1 aliphatic heterocycles. The number of anilines is 1. The number of nitrogens with zero attached hydrogens (tertiary/aromatic N) is 1. The molecule has 0 bridgehead atoms. The number of hydrogen-bond acceptors (Lipinski definition) is 5. The fourth-order valence-corrected chi connectivity index (χ4v) is 5.01. The molecule has 40 heavy (non-hydrogen) atoms. The molecule has 1 fully saturated rings. The topological polar surface area (TPSA) is 127 Å². The molecular formula is C29H26ClFN4O5. The summed E-state index contributed by atoms with van der Waals surface area (Å²) in [5, 5.41) is 6.38. The lowest BCUT2D eigenvalue weighted by molar-refractivity contribution is -0.124. The zero-order valence-corrected chi connectivity index (χ0v) is 22.0. The second-order valence-corrected chi connectivity index (χ2v) is 9.79. The summed E-state index contributed by atoms with van der Waals surface area (Å²) in [6.07, 6.45) is 1.84. The van der Waals surface area contributed by atoms with E-state index in [0.29, 0.717) is 30.7 Å². The molecule has 0 aliphatic carbocycles. The second kappa shape index (κ2) is 11.7. The van der Waals surface area contributed by atoms with Crippen LogP contribution in [0.25, 0.3) is 22.1 Å². The third kappa shape index (κ3) is 5.86. The number of ether oxygens (including phenoxy) is 1. The Kier molecular flexibility index (Phi) is 7.88. The largest absolute Gasteiger partial charge is 0.464 e. The molecule has 206 valence electrons. The number of nitrogens with two attached hydrogens (primary N) is 1. The summed E-state index contributed by atoms with van der Waals surface area (Å²) in [6, 6.07) is 16.2. The summed E-state index contributed by atoms with van der Waals surface area (Å²) >= 11 is 5.83. The van der Waals surface area contributed by atoms with Gasteiger partial charge in [-0.15, -0.1) is 0 Å². The quantitative estimate of drug-likeness (QED) is 0.261. The summed E-state index contributed by atoms with van der Waals surface area (Å²) < 4.78 is 24.8. The second-order valence-electron chi connectivity index (χ2n) is 9.38. The first-order valence-corrected chi connectivity index (χ1v) is 13.0. The third-order valence-electron chi connectivity index (χ3n) is 6.72. The number of halogens is 2. The Morgan fingerprint density at radius 1 is 1.12 bits per heavy atom. The van der Waals surface area contributed by atoms with Gasteiger partial charge in [0.25, 0.3) is 0 Å². The summed E-state index contributed by atoms with van der Waals surface area (Å²) in [6.45, 7) is 0.378. The van der Waals surface area contributed by atoms with Gasteiger partial charge in [0, 0.05) is 35.3 Å². The number of primary amides is 1. The molecule has 1 saturated heterocycles. The Bertz CT molecular complexity index is 1590. The van der Waals surface area contributed by atoms with Gasteiger partial charge in [0.05, 0.1) is 11.3 Å². The van der Waals surface area contributed by atoms with Gasteiger partial charge in [-0.3, -0.25) is 4.79 Å². The summed E-state index contributed by atoms with van der Waals surface area (Å²) in [4.78, 5) is 38.7. The minimum Gasteiger partial charge on any atom is -0.464 e. The molecule has 1 atom stereocenters. The Morgan fingerprint density at radius 3 is 2.77 bits per heavy atom. The molecule has 11 heteroatoms. The van der Waals surface area contributed by atoms with Crippen molar-refractivity contribution < 1.29 is 27.9 Å². The van der Waals surface area contributed by atoms with E-state index >= 15 is 0 Å².